The number of benzene rings is 1. The van der Waals surface area contributed by atoms with Crippen molar-refractivity contribution in [3.63, 3.8) is 0 Å². The van der Waals surface area contributed by atoms with Gasteiger partial charge in [-0.05, 0) is 12.1 Å². The van der Waals surface area contributed by atoms with Gasteiger partial charge in [0.15, 0.2) is 0 Å². The second kappa shape index (κ2) is 4.38. The van der Waals surface area contributed by atoms with E-state index in [-0.39, 0.29) is 5.97 Å². The molecule has 0 saturated heterocycles. The summed E-state index contributed by atoms with van der Waals surface area (Å²) in [7, 11) is 0. The van der Waals surface area contributed by atoms with E-state index in [0.29, 0.717) is 5.02 Å². The summed E-state index contributed by atoms with van der Waals surface area (Å²) in [6, 6.07) is 7.18. The van der Waals surface area contributed by atoms with Crippen LogP contribution >= 0.6 is 23.6 Å². The largest absolute Gasteiger partial charge is 0.386 e. The normalized spacial score (nSPS) is 9.50. The Balaban J connectivity index is 2.63. The first-order valence-electron chi connectivity index (χ1n) is 3.30. The van der Waals surface area contributed by atoms with Crippen molar-refractivity contribution in [3.8, 4) is 0 Å². The molecule has 12 heavy (non-hydrogen) atoms. The molecule has 0 heterocycles. The van der Waals surface area contributed by atoms with Crippen LogP contribution < -0.4 is 0 Å². The van der Waals surface area contributed by atoms with Crippen LogP contribution in [0.5, 0.6) is 0 Å². The zero-order valence-corrected chi connectivity index (χ0v) is 7.98. The van der Waals surface area contributed by atoms with Gasteiger partial charge in [0, 0.05) is 6.92 Å². The summed E-state index contributed by atoms with van der Waals surface area (Å²) in [6.45, 7) is 1.35. The number of hydrogen-bond donors (Lipinski definition) is 0. The van der Waals surface area contributed by atoms with Crippen LogP contribution in [0.2, 0.25) is 5.02 Å². The summed E-state index contributed by atoms with van der Waals surface area (Å²) >= 11 is 6.77. The van der Waals surface area contributed by atoms with E-state index in [4.69, 9.17) is 15.8 Å². The van der Waals surface area contributed by atoms with Gasteiger partial charge in [0.2, 0.25) is 0 Å². The van der Waals surface area contributed by atoms with Gasteiger partial charge in [0.25, 0.3) is 0 Å². The molecule has 0 aliphatic rings. The molecule has 1 aromatic rings. The summed E-state index contributed by atoms with van der Waals surface area (Å²) in [6.07, 6.45) is 0. The molecule has 0 aliphatic carbocycles. The monoisotopic (exact) mass is 202 g/mol. The maximum absolute atomic E-state index is 10.4. The first-order valence-corrected chi connectivity index (χ1v) is 4.41. The lowest BCUT2D eigenvalue weighted by Crippen LogP contribution is -1.89. The van der Waals surface area contributed by atoms with Gasteiger partial charge in [-0.2, -0.15) is 0 Å². The van der Waals surface area contributed by atoms with Gasteiger partial charge in [-0.25, -0.2) is 0 Å². The van der Waals surface area contributed by atoms with Crippen molar-refractivity contribution < 1.29 is 8.98 Å². The minimum Gasteiger partial charge on any atom is -0.386 e. The summed E-state index contributed by atoms with van der Waals surface area (Å²) in [4.78, 5) is 11.2. The predicted octanol–water partition coefficient (Wildman–Crippen LogP) is 2.91. The Hall–Kier alpha value is -0.670. The highest BCUT2D eigenvalue weighted by atomic mass is 35.5. The third-order valence-electron chi connectivity index (χ3n) is 1.09. The first-order chi connectivity index (χ1) is 5.70. The molecule has 0 aliphatic heterocycles. The molecule has 2 nitrogen and oxygen atoms in total. The van der Waals surface area contributed by atoms with Gasteiger partial charge >= 0.3 is 5.97 Å². The molecular weight excluding hydrogens is 196 g/mol. The maximum Gasteiger partial charge on any atom is 0.315 e. The Labute approximate surface area is 80.1 Å². The highest BCUT2D eigenvalue weighted by molar-refractivity contribution is 7.95. The first kappa shape index (κ1) is 9.42. The van der Waals surface area contributed by atoms with Crippen LogP contribution in [-0.2, 0) is 8.98 Å². The number of carbonyl (C=O) groups is 1. The van der Waals surface area contributed by atoms with Gasteiger partial charge in [0.05, 0.1) is 22.0 Å². The van der Waals surface area contributed by atoms with E-state index < -0.39 is 0 Å². The molecular formula is C8H7ClO2S. The zero-order chi connectivity index (χ0) is 8.97. The van der Waals surface area contributed by atoms with E-state index in [9.17, 15) is 4.79 Å². The van der Waals surface area contributed by atoms with Crippen molar-refractivity contribution in [2.75, 3.05) is 0 Å². The van der Waals surface area contributed by atoms with Gasteiger partial charge in [-0.15, -0.1) is 0 Å². The molecule has 0 N–H and O–H groups in total. The van der Waals surface area contributed by atoms with Crippen molar-refractivity contribution in [3.05, 3.63) is 29.3 Å². The van der Waals surface area contributed by atoms with E-state index in [1.807, 2.05) is 12.1 Å². The number of rotatable bonds is 2. The summed E-state index contributed by atoms with van der Waals surface area (Å²) in [5.74, 6) is -0.333. The number of halogens is 1. The second-order valence-corrected chi connectivity index (χ2v) is 3.27. The Morgan fingerprint density at radius 2 is 2.17 bits per heavy atom. The number of carbonyl (C=O) groups excluding carboxylic acids is 1. The van der Waals surface area contributed by atoms with Crippen LogP contribution in [0.1, 0.15) is 6.92 Å². The van der Waals surface area contributed by atoms with Crippen molar-refractivity contribution in [1.82, 2.24) is 0 Å². The Morgan fingerprint density at radius 1 is 1.50 bits per heavy atom. The van der Waals surface area contributed by atoms with Crippen LogP contribution in [0.25, 0.3) is 0 Å². The van der Waals surface area contributed by atoms with E-state index in [0.717, 1.165) is 16.9 Å². The molecule has 0 saturated carbocycles. The maximum atomic E-state index is 10.4. The molecule has 0 fully saturated rings. The summed E-state index contributed by atoms with van der Waals surface area (Å²) in [5, 5.41) is 0.587. The molecule has 1 aromatic carbocycles. The van der Waals surface area contributed by atoms with E-state index >= 15 is 0 Å². The Kier molecular flexibility index (Phi) is 3.44. The Bertz CT molecular complexity index is 288. The molecule has 0 radical (unpaired) electrons. The smallest absolute Gasteiger partial charge is 0.315 e. The topological polar surface area (TPSA) is 26.3 Å². The standard InChI is InChI=1S/C8H7ClO2S/c1-6(10)11-12-8-5-3-2-4-7(8)9/h2-5H,1H3. The minimum absolute atomic E-state index is 0.333. The molecule has 0 bridgehead atoms. The zero-order valence-electron chi connectivity index (χ0n) is 6.41. The SMILES string of the molecule is CC(=O)OSc1ccccc1Cl. The average Bonchev–Trinajstić information content (AvgIpc) is 2.03. The van der Waals surface area contributed by atoms with Gasteiger partial charge in [0.1, 0.15) is 0 Å². The lowest BCUT2D eigenvalue weighted by atomic mass is 10.4. The van der Waals surface area contributed by atoms with Crippen molar-refractivity contribution in [2.24, 2.45) is 0 Å². The van der Waals surface area contributed by atoms with Crippen molar-refractivity contribution in [2.45, 2.75) is 11.8 Å². The number of hydrogen-bond acceptors (Lipinski definition) is 3. The lowest BCUT2D eigenvalue weighted by Gasteiger charge is -2.00. The van der Waals surface area contributed by atoms with E-state index in [1.54, 1.807) is 12.1 Å². The van der Waals surface area contributed by atoms with Crippen LogP contribution in [0.4, 0.5) is 0 Å². The molecule has 0 aromatic heterocycles. The molecule has 0 spiro atoms. The van der Waals surface area contributed by atoms with Crippen LogP contribution in [0, 0.1) is 0 Å². The van der Waals surface area contributed by atoms with E-state index in [2.05, 4.69) is 0 Å². The molecule has 0 atom stereocenters. The third kappa shape index (κ3) is 2.75. The van der Waals surface area contributed by atoms with Crippen molar-refractivity contribution in [1.29, 1.82) is 0 Å². The van der Waals surface area contributed by atoms with E-state index in [1.165, 1.54) is 6.92 Å². The predicted molar refractivity (Wildman–Crippen MR) is 49.1 cm³/mol. The Morgan fingerprint density at radius 3 is 2.75 bits per heavy atom. The molecule has 1 rings (SSSR count). The van der Waals surface area contributed by atoms with Gasteiger partial charge in [-0.1, -0.05) is 23.7 Å². The summed E-state index contributed by atoms with van der Waals surface area (Å²) in [5.41, 5.74) is 0. The molecule has 0 amide bonds. The molecule has 4 heteroatoms. The van der Waals surface area contributed by atoms with Gasteiger partial charge < -0.3 is 4.18 Å². The highest BCUT2D eigenvalue weighted by Gasteiger charge is 2.01. The minimum atomic E-state index is -0.333. The van der Waals surface area contributed by atoms with Gasteiger partial charge in [-0.3, -0.25) is 4.79 Å². The molecule has 64 valence electrons. The van der Waals surface area contributed by atoms with Crippen LogP contribution in [0.15, 0.2) is 29.2 Å². The van der Waals surface area contributed by atoms with Crippen LogP contribution in [-0.4, -0.2) is 5.97 Å². The van der Waals surface area contributed by atoms with Crippen LogP contribution in [0.3, 0.4) is 0 Å². The quantitative estimate of drug-likeness (QED) is 0.690. The lowest BCUT2D eigenvalue weighted by molar-refractivity contribution is -0.130. The highest BCUT2D eigenvalue weighted by Crippen LogP contribution is 2.26. The fraction of sp³-hybridized carbons (Fsp3) is 0.125. The second-order valence-electron chi connectivity index (χ2n) is 2.09. The average molecular weight is 203 g/mol. The summed E-state index contributed by atoms with van der Waals surface area (Å²) < 4.78 is 4.70. The fourth-order valence-corrected chi connectivity index (χ4v) is 1.34. The molecule has 0 unspecified atom stereocenters. The van der Waals surface area contributed by atoms with Crippen molar-refractivity contribution >= 4 is 29.6 Å². The fourth-order valence-electron chi connectivity index (χ4n) is 0.616. The third-order valence-corrected chi connectivity index (χ3v) is 2.38.